The van der Waals surface area contributed by atoms with Crippen molar-refractivity contribution < 1.29 is 89.3 Å². The maximum atomic E-state index is 8.93. The second-order valence-electron chi connectivity index (χ2n) is 0.575. The van der Waals surface area contributed by atoms with E-state index in [1.165, 1.54) is 0 Å². The maximum Gasteiger partial charge on any atom is 2.00 e. The molecule has 4 nitrogen and oxygen atoms in total. The van der Waals surface area contributed by atoms with Crippen LogP contribution in [0.15, 0.2) is 0 Å². The Kier molecular flexibility index (Phi) is 50.5. The molecule has 0 rings (SSSR count). The maximum absolute atomic E-state index is 8.93. The molecule has 0 spiro atoms. The molecule has 0 aliphatic heterocycles. The van der Waals surface area contributed by atoms with Gasteiger partial charge in [-0.15, -0.1) is 0 Å². The average molecular weight is 309 g/mol. The Balaban J connectivity index is -0.0000000208. The molecule has 57 valence electrons. The van der Waals surface area contributed by atoms with E-state index in [0.717, 1.165) is 0 Å². The van der Waals surface area contributed by atoms with Crippen LogP contribution in [-0.2, 0) is 79.1 Å². The molecule has 0 aromatic carbocycles. The van der Waals surface area contributed by atoms with Crippen molar-refractivity contribution in [3.05, 3.63) is 0 Å². The first-order chi connectivity index (χ1) is 2.64. The summed E-state index contributed by atoms with van der Waals surface area (Å²) in [6, 6.07) is 0. The van der Waals surface area contributed by atoms with Gasteiger partial charge in [0.1, 0.15) is 0 Å². The number of hydrogen-bond acceptors (Lipinski definition) is 4. The average Bonchev–Trinajstić information content (AvgIpc) is 1.36. The van der Waals surface area contributed by atoms with Crippen LogP contribution in [0, 0.1) is 0 Å². The second-order valence-corrected chi connectivity index (χ2v) is 0.575. The molecule has 0 fully saturated rings. The van der Waals surface area contributed by atoms with Gasteiger partial charge in [0.15, 0.2) is 0 Å². The Labute approximate surface area is 101 Å². The van der Waals surface area contributed by atoms with Gasteiger partial charge in [0.25, 0.3) is 0 Å². The van der Waals surface area contributed by atoms with Gasteiger partial charge in [-0.25, -0.2) is 0 Å². The summed E-state index contributed by atoms with van der Waals surface area (Å²) >= 11 is 0. The zero-order chi connectivity index (χ0) is 5.15. The third kappa shape index (κ3) is 23.0. The smallest absolute Gasteiger partial charge is 0.543 e. The molecule has 0 atom stereocenters. The molecule has 0 aromatic heterocycles. The standard InChI is InChI=1S/C2H2O4.Co.Fe.Mn.V/c3-1(4)2(5)6;;;;/h(H,3,4)(H,5,6);;;;/q;3*+2;/p-2. The van der Waals surface area contributed by atoms with E-state index < -0.39 is 11.9 Å². The van der Waals surface area contributed by atoms with Crippen LogP contribution in [0.25, 0.3) is 0 Å². The Hall–Kier alpha value is 1.07. The Morgan fingerprint density at radius 1 is 1.00 bits per heavy atom. The van der Waals surface area contributed by atoms with Crippen LogP contribution in [-0.4, -0.2) is 11.9 Å². The zero-order valence-electron chi connectivity index (χ0n) is 4.15. The van der Waals surface area contributed by atoms with Gasteiger partial charge in [-0.3, -0.25) is 0 Å². The minimum Gasteiger partial charge on any atom is -0.543 e. The number of carboxylic acids is 2. The van der Waals surface area contributed by atoms with E-state index in [1.807, 2.05) is 0 Å². The van der Waals surface area contributed by atoms with Gasteiger partial charge in [-0.1, -0.05) is 0 Å². The Morgan fingerprint density at radius 3 is 1.10 bits per heavy atom. The first-order valence-corrected chi connectivity index (χ1v) is 1.07. The Morgan fingerprint density at radius 2 is 1.10 bits per heavy atom. The van der Waals surface area contributed by atoms with Gasteiger partial charge in [-0.2, -0.15) is 0 Å². The van der Waals surface area contributed by atoms with Crippen LogP contribution < -0.4 is 10.2 Å². The van der Waals surface area contributed by atoms with E-state index in [9.17, 15) is 0 Å². The molecule has 0 N–H and O–H groups in total. The van der Waals surface area contributed by atoms with E-state index >= 15 is 0 Å². The minimum atomic E-state index is -2.19. The van der Waals surface area contributed by atoms with Gasteiger partial charge in [-0.05, 0) is 0 Å². The van der Waals surface area contributed by atoms with Gasteiger partial charge in [0, 0.05) is 18.6 Å². The summed E-state index contributed by atoms with van der Waals surface area (Å²) in [5, 5.41) is 17.9. The molecule has 0 amide bonds. The number of rotatable bonds is 0. The molecule has 0 heterocycles. The molecule has 0 aliphatic rings. The molecule has 0 aliphatic carbocycles. The summed E-state index contributed by atoms with van der Waals surface area (Å²) in [7, 11) is 0. The molecule has 10 heavy (non-hydrogen) atoms. The molecular weight excluding hydrogens is 309 g/mol. The van der Waals surface area contributed by atoms with Crippen LogP contribution in [0.2, 0.25) is 0 Å². The summed E-state index contributed by atoms with van der Waals surface area (Å²) in [6.07, 6.45) is 0. The zero-order valence-corrected chi connectivity index (χ0v) is 8.87. The Bertz CT molecular complexity index is 89.3. The summed E-state index contributed by atoms with van der Waals surface area (Å²) in [5.74, 6) is -4.37. The normalized spacial score (nSPS) is 4.40. The fourth-order valence-corrected chi connectivity index (χ4v) is 0. The monoisotopic (exact) mass is 309 g/mol. The minimum absolute atomic E-state index is 0. The summed E-state index contributed by atoms with van der Waals surface area (Å²) in [4.78, 5) is 17.9. The molecule has 8 heteroatoms. The van der Waals surface area contributed by atoms with Crippen LogP contribution in [0.5, 0.6) is 0 Å². The fraction of sp³-hybridized carbons (Fsp3) is 0. The molecule has 0 saturated carbocycles. The van der Waals surface area contributed by atoms with Crippen molar-refractivity contribution in [2.75, 3.05) is 0 Å². The first-order valence-electron chi connectivity index (χ1n) is 1.07. The van der Waals surface area contributed by atoms with Crippen LogP contribution in [0.1, 0.15) is 0 Å². The van der Waals surface area contributed by atoms with Crippen LogP contribution in [0.4, 0.5) is 0 Å². The summed E-state index contributed by atoms with van der Waals surface area (Å²) in [6.45, 7) is 0. The molecule has 3 radical (unpaired) electrons. The number of aliphatic carboxylic acids is 2. The number of carboxylic acid groups (broad SMARTS) is 2. The molecular formula is C2CoFeMnO4V+4. The second kappa shape index (κ2) is 16.6. The first kappa shape index (κ1) is 30.5. The summed E-state index contributed by atoms with van der Waals surface area (Å²) < 4.78 is 0. The number of carbonyl (C=O) groups is 2. The van der Waals surface area contributed by atoms with E-state index in [4.69, 9.17) is 19.8 Å². The molecule has 0 bridgehead atoms. The summed E-state index contributed by atoms with van der Waals surface area (Å²) in [5.41, 5.74) is 0. The van der Waals surface area contributed by atoms with Crippen molar-refractivity contribution >= 4 is 11.9 Å². The van der Waals surface area contributed by atoms with Crippen molar-refractivity contribution in [1.29, 1.82) is 0 Å². The van der Waals surface area contributed by atoms with E-state index in [0.29, 0.717) is 0 Å². The SMILES string of the molecule is O=C([O-])C(=O)[O-].[Co+2].[Fe+2].[Mn+2].[V]. The number of carbonyl (C=O) groups excluding carboxylic acids is 2. The van der Waals surface area contributed by atoms with E-state index in [-0.39, 0.29) is 69.5 Å². The fourth-order valence-electron chi connectivity index (χ4n) is 0. The number of hydrogen-bond donors (Lipinski definition) is 0. The van der Waals surface area contributed by atoms with Gasteiger partial charge < -0.3 is 19.8 Å². The van der Waals surface area contributed by atoms with Gasteiger partial charge in [0.2, 0.25) is 0 Å². The molecule has 0 saturated heterocycles. The third-order valence-corrected chi connectivity index (χ3v) is 0.167. The largest absolute Gasteiger partial charge is 2.00 e. The van der Waals surface area contributed by atoms with E-state index in [2.05, 4.69) is 0 Å². The quantitative estimate of drug-likeness (QED) is 0.343. The van der Waals surface area contributed by atoms with Crippen molar-refractivity contribution in [1.82, 2.24) is 0 Å². The van der Waals surface area contributed by atoms with E-state index in [1.54, 1.807) is 0 Å². The predicted octanol–water partition coefficient (Wildman–Crippen LogP) is -3.52. The molecule has 0 unspecified atom stereocenters. The predicted molar refractivity (Wildman–Crippen MR) is 10.0 cm³/mol. The van der Waals surface area contributed by atoms with Crippen LogP contribution >= 0.6 is 0 Å². The third-order valence-electron chi connectivity index (χ3n) is 0.167. The van der Waals surface area contributed by atoms with Crippen LogP contribution in [0.3, 0.4) is 0 Å². The van der Waals surface area contributed by atoms with Crippen molar-refractivity contribution in [3.8, 4) is 0 Å². The van der Waals surface area contributed by atoms with Crippen molar-refractivity contribution in [3.63, 3.8) is 0 Å². The topological polar surface area (TPSA) is 80.3 Å². The van der Waals surface area contributed by atoms with Gasteiger partial charge >= 0.3 is 50.9 Å². The molecule has 0 aromatic rings. The van der Waals surface area contributed by atoms with Crippen molar-refractivity contribution in [2.24, 2.45) is 0 Å². The van der Waals surface area contributed by atoms with Gasteiger partial charge in [0.05, 0.1) is 11.9 Å². The van der Waals surface area contributed by atoms with Crippen molar-refractivity contribution in [2.45, 2.75) is 0 Å².